The molecule has 3 aliphatic rings. The van der Waals surface area contributed by atoms with Crippen molar-refractivity contribution < 1.29 is 101 Å². The Morgan fingerprint density at radius 2 is 1.46 bits per heavy atom. The number of carbonyl (C=O) groups is 8. The number of aliphatic hydroxyl groups is 7. The van der Waals surface area contributed by atoms with Crippen molar-refractivity contribution >= 4 is 57.7 Å². The largest absolute Gasteiger partial charge is 0.504 e. The minimum atomic E-state index is -5.33. The number of carbonyl (C=O) groups excluding carboxylic acids is 8. The first-order valence-corrected chi connectivity index (χ1v) is 28.8. The Balaban J connectivity index is 1.35. The van der Waals surface area contributed by atoms with E-state index in [9.17, 15) is 92.2 Å². The molecule has 0 aliphatic carbocycles. The number of hydrogen-bond donors (Lipinski definition) is 15. The molecule has 5 unspecified atom stereocenters. The van der Waals surface area contributed by atoms with E-state index in [2.05, 4.69) is 42.7 Å². The summed E-state index contributed by atoms with van der Waals surface area (Å²) < 4.78 is 42.5. The molecule has 14 atom stereocenters. The van der Waals surface area contributed by atoms with Gasteiger partial charge in [-0.2, -0.15) is 8.42 Å². The van der Waals surface area contributed by atoms with Gasteiger partial charge < -0.3 is 91.9 Å². The number of unbranched alkanes of at least 4 members (excludes halogenated alkanes) is 4. The maximum atomic E-state index is 14.6. The second-order valence-electron chi connectivity index (χ2n) is 21.3. The van der Waals surface area contributed by atoms with Crippen LogP contribution in [0.15, 0.2) is 60.8 Å². The van der Waals surface area contributed by atoms with Gasteiger partial charge in [-0.05, 0) is 67.4 Å². The van der Waals surface area contributed by atoms with Gasteiger partial charge in [-0.1, -0.05) is 45.6 Å². The van der Waals surface area contributed by atoms with Crippen LogP contribution in [0.4, 0.5) is 0 Å². The molecule has 85 heavy (non-hydrogen) atoms. The summed E-state index contributed by atoms with van der Waals surface area (Å²) in [5.41, 5.74) is 5.81. The fraction of sp³-hybridized carbons (Fsp3) is 0.537. The summed E-state index contributed by atoms with van der Waals surface area (Å²) in [6, 6.07) is -0.287. The van der Waals surface area contributed by atoms with Gasteiger partial charge in [0.05, 0.1) is 54.8 Å². The van der Waals surface area contributed by atoms with Gasteiger partial charge >= 0.3 is 10.4 Å². The number of benzene rings is 2. The van der Waals surface area contributed by atoms with Gasteiger partial charge in [0.1, 0.15) is 54.2 Å². The van der Waals surface area contributed by atoms with Gasteiger partial charge in [0.15, 0.2) is 11.5 Å². The third kappa shape index (κ3) is 17.5. The first kappa shape index (κ1) is 66.5. The summed E-state index contributed by atoms with van der Waals surface area (Å²) in [4.78, 5) is 119. The molecule has 16 N–H and O–H groups in total. The van der Waals surface area contributed by atoms with E-state index in [4.69, 9.17) is 10.5 Å². The molecule has 6 rings (SSSR count). The van der Waals surface area contributed by atoms with Crippen LogP contribution in [-0.2, 0) is 44.0 Å². The van der Waals surface area contributed by atoms with Crippen molar-refractivity contribution in [1.82, 2.24) is 41.4 Å². The number of aliphatic hydroxyl groups excluding tert-OH is 7. The Bertz CT molecular complexity index is 2990. The number of ether oxygens (including phenoxy) is 1. The Labute approximate surface area is 488 Å². The lowest BCUT2D eigenvalue weighted by Gasteiger charge is -2.34. The van der Waals surface area contributed by atoms with Crippen LogP contribution in [0.2, 0.25) is 0 Å². The molecule has 3 fully saturated rings. The molecular formula is C54H73N9O21S. The van der Waals surface area contributed by atoms with Crippen LogP contribution in [0.1, 0.15) is 94.2 Å². The summed E-state index contributed by atoms with van der Waals surface area (Å²) in [6.45, 7) is 3.25. The number of nitrogens with one attached hydrogen (secondary N) is 5. The minimum Gasteiger partial charge on any atom is -0.504 e. The Morgan fingerprint density at radius 1 is 0.800 bits per heavy atom. The van der Waals surface area contributed by atoms with E-state index in [1.54, 1.807) is 24.3 Å². The van der Waals surface area contributed by atoms with Gasteiger partial charge in [-0.3, -0.25) is 47.9 Å². The average Bonchev–Trinajstić information content (AvgIpc) is 2.93. The zero-order chi connectivity index (χ0) is 62.6. The molecule has 0 saturated carbocycles. The second kappa shape index (κ2) is 29.5. The number of phenolic OH excluding ortho intramolecular Hbond substituents is 1. The first-order valence-electron chi connectivity index (χ1n) is 27.4. The van der Waals surface area contributed by atoms with Crippen molar-refractivity contribution in [3.8, 4) is 28.5 Å². The number of phenols is 1. The van der Waals surface area contributed by atoms with Crippen LogP contribution in [0.5, 0.6) is 17.2 Å². The third-order valence-electron chi connectivity index (χ3n) is 14.6. The third-order valence-corrected chi connectivity index (χ3v) is 15.0. The van der Waals surface area contributed by atoms with Crippen molar-refractivity contribution in [1.29, 1.82) is 0 Å². The number of amides is 8. The minimum absolute atomic E-state index is 0.0935. The number of rotatable bonds is 19. The normalized spacial score (nSPS) is 26.2. The number of fused-ring (bicyclic) bond motifs is 2. The van der Waals surface area contributed by atoms with Crippen LogP contribution in [-0.4, -0.2) is 215 Å². The molecule has 1 aromatic heterocycles. The quantitative estimate of drug-likeness (QED) is 0.0406. The maximum absolute atomic E-state index is 14.6. The highest BCUT2D eigenvalue weighted by Crippen LogP contribution is 2.33. The van der Waals surface area contributed by atoms with E-state index in [0.29, 0.717) is 39.5 Å². The number of aromatic hydroxyl groups is 1. The van der Waals surface area contributed by atoms with Crippen molar-refractivity contribution in [3.63, 3.8) is 0 Å². The van der Waals surface area contributed by atoms with Crippen LogP contribution in [0, 0.1) is 5.92 Å². The summed E-state index contributed by atoms with van der Waals surface area (Å²) >= 11 is 0. The number of β-amino-alcohol motifs (C(OH)–C–C–N with tert-alkyl or cyclic N) is 1. The second-order valence-corrected chi connectivity index (χ2v) is 22.3. The number of nitrogens with zero attached hydrogens (tertiary/aromatic N) is 3. The van der Waals surface area contributed by atoms with Crippen molar-refractivity contribution in [2.24, 2.45) is 11.7 Å². The summed E-state index contributed by atoms with van der Waals surface area (Å²) in [5.74, 6) is -12.5. The summed E-state index contributed by atoms with van der Waals surface area (Å²) in [5, 5.41) is 101. The van der Waals surface area contributed by atoms with E-state index >= 15 is 0 Å². The van der Waals surface area contributed by atoms with Crippen LogP contribution >= 0.6 is 0 Å². The van der Waals surface area contributed by atoms with E-state index in [-0.39, 0.29) is 5.56 Å². The Kier molecular flexibility index (Phi) is 23.1. The molecular weight excluding hydrogens is 1140 g/mol. The monoisotopic (exact) mass is 1220 g/mol. The number of primary amides is 1. The Hall–Kier alpha value is -7.62. The average molecular weight is 1220 g/mol. The fourth-order valence-electron chi connectivity index (χ4n) is 10.0. The van der Waals surface area contributed by atoms with Gasteiger partial charge in [0, 0.05) is 50.2 Å². The van der Waals surface area contributed by atoms with Gasteiger partial charge in [0.25, 0.3) is 5.91 Å². The molecule has 2 aromatic carbocycles. The van der Waals surface area contributed by atoms with Crippen LogP contribution < -0.4 is 41.2 Å². The smallest absolute Gasteiger partial charge is 0.446 e. The summed E-state index contributed by atoms with van der Waals surface area (Å²) in [6.07, 6.45) is -10.1. The maximum Gasteiger partial charge on any atom is 0.446 e. The van der Waals surface area contributed by atoms with Crippen molar-refractivity contribution in [2.75, 3.05) is 26.2 Å². The van der Waals surface area contributed by atoms with Gasteiger partial charge in [-0.15, -0.1) is 0 Å². The zero-order valence-corrected chi connectivity index (χ0v) is 47.4. The predicted molar refractivity (Wildman–Crippen MR) is 294 cm³/mol. The number of hydrogen-bond acceptors (Lipinski definition) is 21. The van der Waals surface area contributed by atoms with E-state index in [0.717, 1.165) is 51.2 Å². The molecule has 3 saturated heterocycles. The van der Waals surface area contributed by atoms with E-state index < -0.39 is 199 Å². The van der Waals surface area contributed by atoms with E-state index in [1.165, 1.54) is 25.3 Å². The lowest BCUT2D eigenvalue weighted by molar-refractivity contribution is -0.148. The topological polar surface area (TPSA) is 477 Å². The SMILES string of the molecule is CCCCCCCOc1ccc(-c2ccc(C(=O)N[C@H]3C[C@@H](O)CNC(=O)C4[C@@H](O)[C@@H](C)CN4C(=O)C([C@H](O)CC(N)=O)NC(=O)C([C@H](O)[C@@H](O)c4ccc(O)c(OS(=O)(=O)O)c4)NC(=O)C4C[C@@H](O)CN4C(=O)C([C@@H](C)O)NC3=O)cn2)cc1. The van der Waals surface area contributed by atoms with Crippen LogP contribution in [0.3, 0.4) is 0 Å². The molecule has 0 radical (unpaired) electrons. The Morgan fingerprint density at radius 3 is 2.09 bits per heavy atom. The van der Waals surface area contributed by atoms with Gasteiger partial charge in [0.2, 0.25) is 41.4 Å². The molecule has 30 nitrogen and oxygen atoms in total. The molecule has 3 aliphatic heterocycles. The predicted octanol–water partition coefficient (Wildman–Crippen LogP) is -3.70. The van der Waals surface area contributed by atoms with E-state index in [1.807, 2.05) is 0 Å². The lowest BCUT2D eigenvalue weighted by atomic mass is 9.96. The highest BCUT2D eigenvalue weighted by atomic mass is 32.3. The molecule has 31 heteroatoms. The molecule has 0 bridgehead atoms. The number of nitrogens with two attached hydrogens (primary N) is 1. The molecule has 466 valence electrons. The molecule has 8 amide bonds. The molecule has 0 spiro atoms. The zero-order valence-electron chi connectivity index (χ0n) is 46.6. The highest BCUT2D eigenvalue weighted by molar-refractivity contribution is 7.81. The number of pyridine rings is 1. The fourth-order valence-corrected chi connectivity index (χ4v) is 10.4. The summed E-state index contributed by atoms with van der Waals surface area (Å²) in [7, 11) is -5.33. The van der Waals surface area contributed by atoms with Crippen LogP contribution in [0.25, 0.3) is 11.3 Å². The van der Waals surface area contributed by atoms with Crippen molar-refractivity contribution in [3.05, 3.63) is 71.9 Å². The van der Waals surface area contributed by atoms with Crippen molar-refractivity contribution in [2.45, 2.75) is 151 Å². The first-order chi connectivity index (χ1) is 40.1. The number of aromatic nitrogens is 1. The molecule has 3 aromatic rings. The standard InChI is InChI=1S/C54H73N9O21S/c1-4-5-6-7-8-17-83-33-13-9-28(10-14-33)34-15-11-30(22-56-34)48(73)58-35-19-31(65)23-57-52(77)44-45(70)26(2)24-63(44)54(79)42(38(68)21-40(55)69)60-51(76)43(47(72)46(71)29-12-16-37(67)39(18-29)84-85(80,81)82)61-50(75)36-20-32(66)25-62(36)53(78)41(27(3)64)59-49(35)74/h9-16,18,22,26-27,31-32,35-36,38,41-47,64-68,70-72H,4-8,17,19-21,23-25H2,1-3H3,(H2,55,69)(H,57,77)(H,58,73)(H,59,74)(H,60,76)(H,61,75)(H,80,81,82)/t26-,27+,31+,32+,35-,36?,38+,41?,42?,43?,44?,45-,46-,47-/m0/s1. The lowest BCUT2D eigenvalue weighted by Crippen LogP contribution is -2.64. The highest BCUT2D eigenvalue weighted by Gasteiger charge is 2.50. The van der Waals surface area contributed by atoms with Gasteiger partial charge in [-0.25, -0.2) is 0 Å². The molecule has 4 heterocycles.